The molecule has 1 aliphatic rings. The van der Waals surface area contributed by atoms with Gasteiger partial charge in [0.05, 0.1) is 22.6 Å². The summed E-state index contributed by atoms with van der Waals surface area (Å²) in [6, 6.07) is 14.9. The Kier molecular flexibility index (Phi) is 5.34. The average Bonchev–Trinajstić information content (AvgIpc) is 2.84. The molecule has 2 heterocycles. The van der Waals surface area contributed by atoms with Gasteiger partial charge < -0.3 is 15.3 Å². The third-order valence-corrected chi connectivity index (χ3v) is 7.02. The first-order chi connectivity index (χ1) is 14.3. The van der Waals surface area contributed by atoms with E-state index in [2.05, 4.69) is 5.32 Å². The number of nitrogens with one attached hydrogen (secondary N) is 1. The van der Waals surface area contributed by atoms with Gasteiger partial charge in [0.15, 0.2) is 9.84 Å². The lowest BCUT2D eigenvalue weighted by atomic mass is 10.1. The van der Waals surface area contributed by atoms with Crippen molar-refractivity contribution in [3.05, 3.63) is 59.7 Å². The van der Waals surface area contributed by atoms with Crippen molar-refractivity contribution in [1.82, 2.24) is 4.98 Å². The fourth-order valence-corrected chi connectivity index (χ4v) is 5.20. The van der Waals surface area contributed by atoms with Gasteiger partial charge in [-0.05, 0) is 30.7 Å². The minimum Gasteiger partial charge on any atom is -0.481 e. The first kappa shape index (κ1) is 20.2. The maximum absolute atomic E-state index is 12.7. The number of aryl methyl sites for hydroxylation is 1. The molecule has 0 atom stereocenters. The van der Waals surface area contributed by atoms with Gasteiger partial charge in [-0.15, -0.1) is 0 Å². The molecule has 0 saturated carbocycles. The number of benzene rings is 2. The van der Waals surface area contributed by atoms with Crippen molar-refractivity contribution < 1.29 is 18.3 Å². The molecule has 0 unspecified atom stereocenters. The van der Waals surface area contributed by atoms with Crippen LogP contribution in [0.15, 0.2) is 53.4 Å². The van der Waals surface area contributed by atoms with Crippen LogP contribution in [-0.2, 0) is 21.2 Å². The van der Waals surface area contributed by atoms with E-state index in [0.29, 0.717) is 30.3 Å². The van der Waals surface area contributed by atoms with Crippen LogP contribution in [0.3, 0.4) is 0 Å². The Balaban J connectivity index is 1.75. The largest absolute Gasteiger partial charge is 0.481 e. The zero-order chi connectivity index (χ0) is 21.3. The molecular weight excluding hydrogens is 402 g/mol. The molecule has 30 heavy (non-hydrogen) atoms. The van der Waals surface area contributed by atoms with Gasteiger partial charge >= 0.3 is 5.97 Å². The monoisotopic (exact) mass is 425 g/mol. The van der Waals surface area contributed by atoms with Crippen LogP contribution in [-0.4, -0.2) is 43.3 Å². The predicted octanol–water partition coefficient (Wildman–Crippen LogP) is 3.22. The smallest absolute Gasteiger partial charge is 0.305 e. The molecular formula is C22H23N3O4S. The number of hydrogen-bond acceptors (Lipinski definition) is 6. The molecule has 4 rings (SSSR count). The molecule has 7 nitrogen and oxygen atoms in total. The van der Waals surface area contributed by atoms with Gasteiger partial charge in [0.2, 0.25) is 0 Å². The van der Waals surface area contributed by atoms with Gasteiger partial charge in [-0.3, -0.25) is 4.79 Å². The topological polar surface area (TPSA) is 99.6 Å². The second-order valence-corrected chi connectivity index (χ2v) is 9.54. The molecule has 0 amide bonds. The van der Waals surface area contributed by atoms with Crippen molar-refractivity contribution in [1.29, 1.82) is 0 Å². The molecule has 0 spiro atoms. The highest BCUT2D eigenvalue weighted by molar-refractivity contribution is 7.91. The maximum atomic E-state index is 12.7. The van der Waals surface area contributed by atoms with Crippen LogP contribution < -0.4 is 10.2 Å². The number of carboxylic acids is 1. The molecule has 1 aliphatic heterocycles. The molecule has 2 N–H and O–H groups in total. The highest BCUT2D eigenvalue weighted by atomic mass is 32.2. The summed E-state index contributed by atoms with van der Waals surface area (Å²) in [5.41, 5.74) is 3.39. The van der Waals surface area contributed by atoms with Crippen molar-refractivity contribution in [2.75, 3.05) is 29.1 Å². The van der Waals surface area contributed by atoms with Gasteiger partial charge in [-0.25, -0.2) is 13.4 Å². The van der Waals surface area contributed by atoms with E-state index >= 15 is 0 Å². The van der Waals surface area contributed by atoms with E-state index in [1.807, 2.05) is 48.2 Å². The number of aromatic nitrogens is 1. The van der Waals surface area contributed by atoms with E-state index < -0.39 is 15.8 Å². The molecule has 0 bridgehead atoms. The van der Waals surface area contributed by atoms with Gasteiger partial charge in [-0.1, -0.05) is 29.8 Å². The Morgan fingerprint density at radius 1 is 1.20 bits per heavy atom. The van der Waals surface area contributed by atoms with E-state index in [4.69, 9.17) is 10.1 Å². The minimum absolute atomic E-state index is 0.000296. The lowest BCUT2D eigenvalue weighted by Crippen LogP contribution is -2.26. The number of aliphatic carboxylic acids is 1. The van der Waals surface area contributed by atoms with Crippen molar-refractivity contribution in [2.45, 2.75) is 24.8 Å². The fourth-order valence-electron chi connectivity index (χ4n) is 3.70. The predicted molar refractivity (Wildman–Crippen MR) is 117 cm³/mol. The Morgan fingerprint density at radius 2 is 2.00 bits per heavy atom. The second-order valence-electron chi connectivity index (χ2n) is 7.47. The van der Waals surface area contributed by atoms with Crippen LogP contribution in [0.1, 0.15) is 17.5 Å². The van der Waals surface area contributed by atoms with Crippen LogP contribution in [0, 0.1) is 6.92 Å². The molecule has 0 radical (unpaired) electrons. The molecule has 0 saturated heterocycles. The number of nitrogens with zero attached hydrogens (tertiary/aromatic N) is 2. The second kappa shape index (κ2) is 7.95. The quantitative estimate of drug-likeness (QED) is 0.647. The zero-order valence-electron chi connectivity index (χ0n) is 16.6. The summed E-state index contributed by atoms with van der Waals surface area (Å²) in [6.45, 7) is 3.05. The SMILES string of the molecule is Cc1ccc2nc(N3CCS(=O)(=O)c4ccccc4C3)cc(NCCC(=O)O)c2c1. The number of pyridine rings is 1. The Morgan fingerprint density at radius 3 is 2.80 bits per heavy atom. The molecule has 156 valence electrons. The molecule has 2 aromatic carbocycles. The summed E-state index contributed by atoms with van der Waals surface area (Å²) in [7, 11) is -3.35. The number of anilines is 2. The first-order valence-corrected chi connectivity index (χ1v) is 11.4. The third-order valence-electron chi connectivity index (χ3n) is 5.23. The summed E-state index contributed by atoms with van der Waals surface area (Å²) in [4.78, 5) is 18.0. The van der Waals surface area contributed by atoms with Crippen molar-refractivity contribution in [2.24, 2.45) is 0 Å². The summed E-state index contributed by atoms with van der Waals surface area (Å²) in [5, 5.41) is 13.1. The van der Waals surface area contributed by atoms with Crippen molar-refractivity contribution >= 4 is 38.2 Å². The Hall–Kier alpha value is -3.13. The van der Waals surface area contributed by atoms with E-state index in [1.165, 1.54) is 0 Å². The van der Waals surface area contributed by atoms with Crippen LogP contribution in [0.5, 0.6) is 0 Å². The van der Waals surface area contributed by atoms with Gasteiger partial charge in [0.25, 0.3) is 0 Å². The number of hydrogen-bond donors (Lipinski definition) is 2. The van der Waals surface area contributed by atoms with E-state index in [0.717, 1.165) is 27.7 Å². The average molecular weight is 426 g/mol. The fraction of sp³-hybridized carbons (Fsp3) is 0.273. The standard InChI is InChI=1S/C22H23N3O4S/c1-15-6-7-18-17(12-15)19(23-9-8-22(26)27)13-21(24-18)25-10-11-30(28,29)20-5-3-2-4-16(20)14-25/h2-7,12-13H,8-11,14H2,1H3,(H,23,24)(H,26,27). The summed E-state index contributed by atoms with van der Waals surface area (Å²) < 4.78 is 25.4. The first-order valence-electron chi connectivity index (χ1n) is 9.76. The molecule has 8 heteroatoms. The number of carboxylic acid groups (broad SMARTS) is 1. The highest BCUT2D eigenvalue weighted by Gasteiger charge is 2.26. The third kappa shape index (κ3) is 4.09. The van der Waals surface area contributed by atoms with E-state index in [9.17, 15) is 13.2 Å². The number of carbonyl (C=O) groups is 1. The molecule has 1 aromatic heterocycles. The highest BCUT2D eigenvalue weighted by Crippen LogP contribution is 2.31. The van der Waals surface area contributed by atoms with Gasteiger partial charge in [0, 0.05) is 36.8 Å². The number of fused-ring (bicyclic) bond motifs is 2. The Bertz CT molecular complexity index is 1220. The summed E-state index contributed by atoms with van der Waals surface area (Å²) in [5.74, 6) is -0.193. The zero-order valence-corrected chi connectivity index (χ0v) is 17.4. The van der Waals surface area contributed by atoms with E-state index in [1.54, 1.807) is 12.1 Å². The normalized spacial score (nSPS) is 15.4. The van der Waals surface area contributed by atoms with Crippen LogP contribution in [0.2, 0.25) is 0 Å². The van der Waals surface area contributed by atoms with Crippen molar-refractivity contribution in [3.63, 3.8) is 0 Å². The number of sulfone groups is 1. The maximum Gasteiger partial charge on any atom is 0.305 e. The van der Waals surface area contributed by atoms with Gasteiger partial charge in [0.1, 0.15) is 5.82 Å². The van der Waals surface area contributed by atoms with Crippen LogP contribution in [0.4, 0.5) is 11.5 Å². The summed E-state index contributed by atoms with van der Waals surface area (Å²) >= 11 is 0. The van der Waals surface area contributed by atoms with Gasteiger partial charge in [-0.2, -0.15) is 0 Å². The van der Waals surface area contributed by atoms with Crippen molar-refractivity contribution in [3.8, 4) is 0 Å². The Labute approximate surface area is 175 Å². The van der Waals surface area contributed by atoms with E-state index in [-0.39, 0.29) is 12.2 Å². The number of rotatable bonds is 5. The molecule has 0 fully saturated rings. The van der Waals surface area contributed by atoms with Crippen LogP contribution in [0.25, 0.3) is 10.9 Å². The lowest BCUT2D eigenvalue weighted by Gasteiger charge is -2.23. The molecule has 0 aliphatic carbocycles. The summed E-state index contributed by atoms with van der Waals surface area (Å²) in [6.07, 6.45) is 0.000296. The molecule has 3 aromatic rings. The van der Waals surface area contributed by atoms with Crippen LogP contribution >= 0.6 is 0 Å². The minimum atomic E-state index is -3.35. The lowest BCUT2D eigenvalue weighted by molar-refractivity contribution is -0.136.